The Balaban J connectivity index is 4.73. The Labute approximate surface area is 107 Å². The molecule has 0 saturated heterocycles. The molecule has 3 heteroatoms. The fraction of sp³-hybridized carbons (Fsp3) is 0.929. The molecule has 1 amide bonds. The van der Waals surface area contributed by atoms with Crippen molar-refractivity contribution in [2.45, 2.75) is 52.5 Å². The highest BCUT2D eigenvalue weighted by Gasteiger charge is 2.35. The average Bonchev–Trinajstić information content (AvgIpc) is 2.24. The predicted octanol–water partition coefficient (Wildman–Crippen LogP) is 2.61. The van der Waals surface area contributed by atoms with Crippen LogP contribution in [-0.4, -0.2) is 48.9 Å². The third kappa shape index (κ3) is 4.66. The highest BCUT2D eigenvalue weighted by atomic mass is 16.2. The van der Waals surface area contributed by atoms with E-state index in [2.05, 4.69) is 39.8 Å². The number of carbonyl (C=O) groups excluding carboxylic acids is 1. The number of nitrogens with zero attached hydrogens (tertiary/aromatic N) is 2. The number of hydrogen-bond donors (Lipinski definition) is 0. The van der Waals surface area contributed by atoms with Crippen LogP contribution < -0.4 is 0 Å². The number of rotatable bonds is 7. The normalized spacial score (nSPS) is 16.7. The second-order valence-electron chi connectivity index (χ2n) is 5.68. The lowest BCUT2D eigenvalue weighted by Gasteiger charge is -2.43. The van der Waals surface area contributed by atoms with Gasteiger partial charge in [0.05, 0.1) is 0 Å². The van der Waals surface area contributed by atoms with Gasteiger partial charge in [-0.05, 0) is 46.3 Å². The number of hydrogen-bond acceptors (Lipinski definition) is 2. The molecule has 0 aliphatic carbocycles. The van der Waals surface area contributed by atoms with E-state index in [1.807, 2.05) is 11.9 Å². The van der Waals surface area contributed by atoms with Crippen molar-refractivity contribution in [2.75, 3.05) is 27.7 Å². The van der Waals surface area contributed by atoms with Crippen LogP contribution in [0, 0.1) is 5.92 Å². The lowest BCUT2D eigenvalue weighted by atomic mass is 9.79. The lowest BCUT2D eigenvalue weighted by Crippen LogP contribution is -2.51. The molecule has 0 N–H and O–H groups in total. The van der Waals surface area contributed by atoms with Crippen molar-refractivity contribution in [3.05, 3.63) is 0 Å². The fourth-order valence-electron chi connectivity index (χ4n) is 2.37. The smallest absolute Gasteiger partial charge is 0.219 e. The summed E-state index contributed by atoms with van der Waals surface area (Å²) < 4.78 is 0. The van der Waals surface area contributed by atoms with Crippen molar-refractivity contribution in [1.82, 2.24) is 9.80 Å². The summed E-state index contributed by atoms with van der Waals surface area (Å²) in [4.78, 5) is 15.8. The minimum Gasteiger partial charge on any atom is -0.340 e. The first-order valence-corrected chi connectivity index (χ1v) is 6.64. The van der Waals surface area contributed by atoms with Crippen LogP contribution in [0.1, 0.15) is 47.0 Å². The second-order valence-corrected chi connectivity index (χ2v) is 5.68. The summed E-state index contributed by atoms with van der Waals surface area (Å²) in [5.74, 6) is 0.677. The maximum absolute atomic E-state index is 11.6. The van der Waals surface area contributed by atoms with Gasteiger partial charge in [-0.15, -0.1) is 0 Å². The minimum absolute atomic E-state index is 0.0173. The van der Waals surface area contributed by atoms with Gasteiger partial charge in [-0.3, -0.25) is 4.79 Å². The summed E-state index contributed by atoms with van der Waals surface area (Å²) in [6.45, 7) is 9.40. The summed E-state index contributed by atoms with van der Waals surface area (Å²) in [7, 11) is 6.13. The van der Waals surface area contributed by atoms with E-state index in [9.17, 15) is 4.79 Å². The third-order valence-corrected chi connectivity index (χ3v) is 4.07. The molecule has 0 heterocycles. The van der Waals surface area contributed by atoms with E-state index in [-0.39, 0.29) is 11.4 Å². The molecular weight excluding hydrogens is 212 g/mol. The number of carbonyl (C=O) groups is 1. The van der Waals surface area contributed by atoms with Gasteiger partial charge in [-0.1, -0.05) is 20.3 Å². The first kappa shape index (κ1) is 16.4. The molecule has 0 aromatic carbocycles. The van der Waals surface area contributed by atoms with Crippen LogP contribution in [0.3, 0.4) is 0 Å². The quantitative estimate of drug-likeness (QED) is 0.685. The van der Waals surface area contributed by atoms with Crippen LogP contribution in [0.5, 0.6) is 0 Å². The molecule has 0 aliphatic heterocycles. The maximum atomic E-state index is 11.6. The zero-order valence-electron chi connectivity index (χ0n) is 12.7. The Morgan fingerprint density at radius 3 is 2.18 bits per heavy atom. The molecule has 2 unspecified atom stereocenters. The van der Waals surface area contributed by atoms with Gasteiger partial charge in [0.1, 0.15) is 0 Å². The molecule has 0 fully saturated rings. The Kier molecular flexibility index (Phi) is 6.76. The molecule has 0 bridgehead atoms. The SMILES string of the molecule is CCCC(C)(C(C)CCN(C)C)N(C)C(C)=O. The molecule has 0 rings (SSSR count). The van der Waals surface area contributed by atoms with E-state index in [1.54, 1.807) is 6.92 Å². The Hall–Kier alpha value is -0.570. The van der Waals surface area contributed by atoms with Crippen molar-refractivity contribution in [1.29, 1.82) is 0 Å². The van der Waals surface area contributed by atoms with E-state index >= 15 is 0 Å². The molecule has 0 aromatic rings. The van der Waals surface area contributed by atoms with Crippen LogP contribution >= 0.6 is 0 Å². The van der Waals surface area contributed by atoms with Gasteiger partial charge in [0.25, 0.3) is 0 Å². The van der Waals surface area contributed by atoms with Gasteiger partial charge in [0.2, 0.25) is 5.91 Å². The highest BCUT2D eigenvalue weighted by Crippen LogP contribution is 2.31. The van der Waals surface area contributed by atoms with Crippen LogP contribution in [0.15, 0.2) is 0 Å². The molecular formula is C14H30N2O. The van der Waals surface area contributed by atoms with Crippen LogP contribution in [0.2, 0.25) is 0 Å². The third-order valence-electron chi connectivity index (χ3n) is 4.07. The summed E-state index contributed by atoms with van der Waals surface area (Å²) in [6, 6.07) is 0. The van der Waals surface area contributed by atoms with Gasteiger partial charge in [-0.25, -0.2) is 0 Å². The van der Waals surface area contributed by atoms with Crippen LogP contribution in [-0.2, 0) is 4.79 Å². The summed E-state index contributed by atoms with van der Waals surface area (Å²) in [5.41, 5.74) is -0.0173. The number of amides is 1. The molecule has 0 radical (unpaired) electrons. The molecule has 17 heavy (non-hydrogen) atoms. The first-order valence-electron chi connectivity index (χ1n) is 6.64. The molecule has 0 spiro atoms. The second kappa shape index (κ2) is 7.00. The van der Waals surface area contributed by atoms with Gasteiger partial charge < -0.3 is 9.80 Å². The maximum Gasteiger partial charge on any atom is 0.219 e. The van der Waals surface area contributed by atoms with E-state index in [1.165, 1.54) is 0 Å². The Bertz CT molecular complexity index is 240. The molecule has 0 saturated carbocycles. The van der Waals surface area contributed by atoms with Crippen molar-refractivity contribution >= 4 is 5.91 Å². The first-order chi connectivity index (χ1) is 7.75. The standard InChI is InChI=1S/C14H30N2O/c1-8-10-14(4,16(7)13(3)17)12(2)9-11-15(5)6/h12H,8-11H2,1-7H3. The Morgan fingerprint density at radius 2 is 1.82 bits per heavy atom. The topological polar surface area (TPSA) is 23.6 Å². The van der Waals surface area contributed by atoms with Gasteiger partial charge in [0.15, 0.2) is 0 Å². The summed E-state index contributed by atoms with van der Waals surface area (Å²) in [6.07, 6.45) is 3.30. The van der Waals surface area contributed by atoms with Gasteiger partial charge in [0, 0.05) is 19.5 Å². The van der Waals surface area contributed by atoms with E-state index in [4.69, 9.17) is 0 Å². The lowest BCUT2D eigenvalue weighted by molar-refractivity contribution is -0.135. The van der Waals surface area contributed by atoms with Crippen molar-refractivity contribution in [2.24, 2.45) is 5.92 Å². The summed E-state index contributed by atoms with van der Waals surface area (Å²) >= 11 is 0. The highest BCUT2D eigenvalue weighted by molar-refractivity contribution is 5.73. The Morgan fingerprint density at radius 1 is 1.29 bits per heavy atom. The van der Waals surface area contributed by atoms with Crippen LogP contribution in [0.4, 0.5) is 0 Å². The van der Waals surface area contributed by atoms with Crippen molar-refractivity contribution in [3.63, 3.8) is 0 Å². The van der Waals surface area contributed by atoms with E-state index in [0.29, 0.717) is 5.92 Å². The van der Waals surface area contributed by atoms with E-state index in [0.717, 1.165) is 25.8 Å². The molecule has 0 aliphatic rings. The largest absolute Gasteiger partial charge is 0.340 e. The van der Waals surface area contributed by atoms with Gasteiger partial charge >= 0.3 is 0 Å². The predicted molar refractivity (Wildman–Crippen MR) is 74.1 cm³/mol. The fourth-order valence-corrected chi connectivity index (χ4v) is 2.37. The zero-order chi connectivity index (χ0) is 13.6. The van der Waals surface area contributed by atoms with Crippen molar-refractivity contribution in [3.8, 4) is 0 Å². The minimum atomic E-state index is -0.0173. The van der Waals surface area contributed by atoms with Crippen LogP contribution in [0.25, 0.3) is 0 Å². The molecule has 102 valence electrons. The van der Waals surface area contributed by atoms with Crippen molar-refractivity contribution < 1.29 is 4.79 Å². The zero-order valence-corrected chi connectivity index (χ0v) is 12.7. The monoisotopic (exact) mass is 242 g/mol. The average molecular weight is 242 g/mol. The molecule has 2 atom stereocenters. The van der Waals surface area contributed by atoms with Gasteiger partial charge in [-0.2, -0.15) is 0 Å². The van der Waals surface area contributed by atoms with E-state index < -0.39 is 0 Å². The molecule has 0 aromatic heterocycles. The summed E-state index contributed by atoms with van der Waals surface area (Å²) in [5, 5.41) is 0. The molecule has 3 nitrogen and oxygen atoms in total.